The van der Waals surface area contributed by atoms with Crippen molar-refractivity contribution in [2.24, 2.45) is 0 Å². The van der Waals surface area contributed by atoms with Crippen LogP contribution in [0.25, 0.3) is 0 Å². The number of halogens is 1. The Hall–Kier alpha value is 0.650. The lowest BCUT2D eigenvalue weighted by atomic mass is 10.2. The molecule has 11 heavy (non-hydrogen) atoms. The van der Waals surface area contributed by atoms with Gasteiger partial charge >= 0.3 is 0 Å². The van der Waals surface area contributed by atoms with E-state index in [1.165, 1.54) is 10.8 Å². The summed E-state index contributed by atoms with van der Waals surface area (Å²) in [5.74, 6) is -0.287. The van der Waals surface area contributed by atoms with E-state index < -0.39 is 0 Å². The predicted octanol–water partition coefficient (Wildman–Crippen LogP) is 2.35. The van der Waals surface area contributed by atoms with Crippen molar-refractivity contribution >= 4 is 22.6 Å². The lowest BCUT2D eigenvalue weighted by Crippen LogP contribution is -2.26. The summed E-state index contributed by atoms with van der Waals surface area (Å²) in [5.41, 5.74) is 0. The average molecular weight is 270 g/mol. The zero-order chi connectivity index (χ0) is 8.32. The second-order valence-corrected chi connectivity index (χ2v) is 4.24. The van der Waals surface area contributed by atoms with Crippen LogP contribution in [0.1, 0.15) is 26.7 Å². The molecule has 0 aromatic carbocycles. The minimum absolute atomic E-state index is 0.272. The van der Waals surface area contributed by atoms with E-state index in [0.29, 0.717) is 0 Å². The highest BCUT2D eigenvalue weighted by Gasteiger charge is 2.34. The monoisotopic (exact) mass is 270 g/mol. The van der Waals surface area contributed by atoms with Gasteiger partial charge in [-0.05, 0) is 24.7 Å². The summed E-state index contributed by atoms with van der Waals surface area (Å²) >= 11 is 2.37. The molecule has 1 saturated heterocycles. The van der Waals surface area contributed by atoms with Crippen LogP contribution in [-0.4, -0.2) is 22.9 Å². The van der Waals surface area contributed by atoms with Gasteiger partial charge in [0, 0.05) is 6.42 Å². The highest BCUT2D eigenvalue weighted by Crippen LogP contribution is 2.27. The number of ether oxygens (including phenoxy) is 2. The van der Waals surface area contributed by atoms with Crippen LogP contribution in [0.2, 0.25) is 0 Å². The minimum atomic E-state index is -0.287. The molecule has 1 fully saturated rings. The van der Waals surface area contributed by atoms with Crippen molar-refractivity contribution in [1.29, 1.82) is 0 Å². The molecule has 0 aliphatic carbocycles. The molecule has 0 aromatic heterocycles. The molecule has 1 aliphatic rings. The van der Waals surface area contributed by atoms with E-state index >= 15 is 0 Å². The van der Waals surface area contributed by atoms with Crippen molar-refractivity contribution in [3.63, 3.8) is 0 Å². The van der Waals surface area contributed by atoms with Gasteiger partial charge in [0.05, 0.1) is 12.7 Å². The van der Waals surface area contributed by atoms with Crippen molar-refractivity contribution in [3.05, 3.63) is 0 Å². The van der Waals surface area contributed by atoms with Crippen LogP contribution in [-0.2, 0) is 9.47 Å². The van der Waals surface area contributed by atoms with E-state index in [2.05, 4.69) is 29.5 Å². The van der Waals surface area contributed by atoms with Crippen LogP contribution in [0.4, 0.5) is 0 Å². The van der Waals surface area contributed by atoms with Gasteiger partial charge < -0.3 is 9.47 Å². The molecule has 0 aromatic rings. The van der Waals surface area contributed by atoms with E-state index in [4.69, 9.17) is 9.47 Å². The van der Waals surface area contributed by atoms with E-state index in [-0.39, 0.29) is 11.9 Å². The summed E-state index contributed by atoms with van der Waals surface area (Å²) in [6.45, 7) is 4.83. The van der Waals surface area contributed by atoms with Gasteiger partial charge in [0.1, 0.15) is 0 Å². The number of alkyl halides is 1. The standard InChI is InChI=1S/C8H15IO2/c1-7-6-10-8(2,11-7)4-3-5-9/h7H,3-6H2,1-2H3. The second kappa shape index (κ2) is 4.05. The molecule has 3 heteroatoms. The van der Waals surface area contributed by atoms with Crippen molar-refractivity contribution in [2.75, 3.05) is 11.0 Å². The molecular weight excluding hydrogens is 255 g/mol. The van der Waals surface area contributed by atoms with Gasteiger partial charge in [0.15, 0.2) is 5.79 Å². The molecule has 0 radical (unpaired) electrons. The quantitative estimate of drug-likeness (QED) is 0.579. The lowest BCUT2D eigenvalue weighted by molar-refractivity contribution is -0.156. The molecule has 2 atom stereocenters. The number of hydrogen-bond acceptors (Lipinski definition) is 2. The van der Waals surface area contributed by atoms with Gasteiger partial charge in [-0.2, -0.15) is 0 Å². The maximum atomic E-state index is 5.63. The molecular formula is C8H15IO2. The first-order valence-electron chi connectivity index (χ1n) is 4.04. The molecule has 1 heterocycles. The van der Waals surface area contributed by atoms with E-state index in [1.54, 1.807) is 0 Å². The molecule has 0 N–H and O–H groups in total. The normalized spacial score (nSPS) is 37.9. The first-order chi connectivity index (χ1) is 5.16. The summed E-state index contributed by atoms with van der Waals surface area (Å²) in [4.78, 5) is 0. The van der Waals surface area contributed by atoms with Crippen LogP contribution in [0, 0.1) is 0 Å². The summed E-state index contributed by atoms with van der Waals surface area (Å²) in [5, 5.41) is 0. The molecule has 1 rings (SSSR count). The Balaban J connectivity index is 2.29. The maximum absolute atomic E-state index is 5.63. The topological polar surface area (TPSA) is 18.5 Å². The number of hydrogen-bond donors (Lipinski definition) is 0. The summed E-state index contributed by atoms with van der Waals surface area (Å²) in [6, 6.07) is 0. The third kappa shape index (κ3) is 2.87. The third-order valence-electron chi connectivity index (χ3n) is 1.84. The van der Waals surface area contributed by atoms with Crippen LogP contribution in [0.3, 0.4) is 0 Å². The van der Waals surface area contributed by atoms with Crippen LogP contribution >= 0.6 is 22.6 Å². The Kier molecular flexibility index (Phi) is 3.58. The Morgan fingerprint density at radius 1 is 1.64 bits per heavy atom. The predicted molar refractivity (Wildman–Crippen MR) is 53.0 cm³/mol. The Morgan fingerprint density at radius 2 is 2.36 bits per heavy atom. The van der Waals surface area contributed by atoms with Gasteiger partial charge in [-0.25, -0.2) is 0 Å². The maximum Gasteiger partial charge on any atom is 0.166 e. The Bertz CT molecular complexity index is 129. The van der Waals surface area contributed by atoms with Gasteiger partial charge in [0.25, 0.3) is 0 Å². The molecule has 0 spiro atoms. The second-order valence-electron chi connectivity index (χ2n) is 3.17. The fourth-order valence-electron chi connectivity index (χ4n) is 1.31. The average Bonchev–Trinajstić information content (AvgIpc) is 2.28. The van der Waals surface area contributed by atoms with Crippen molar-refractivity contribution in [1.82, 2.24) is 0 Å². The molecule has 0 saturated carbocycles. The smallest absolute Gasteiger partial charge is 0.166 e. The zero-order valence-electron chi connectivity index (χ0n) is 7.10. The van der Waals surface area contributed by atoms with Gasteiger partial charge in [-0.1, -0.05) is 22.6 Å². The van der Waals surface area contributed by atoms with Gasteiger partial charge in [0.2, 0.25) is 0 Å². The molecule has 2 unspecified atom stereocenters. The van der Waals surface area contributed by atoms with Crippen LogP contribution in [0.15, 0.2) is 0 Å². The molecule has 1 aliphatic heterocycles. The van der Waals surface area contributed by atoms with E-state index in [9.17, 15) is 0 Å². The highest BCUT2D eigenvalue weighted by atomic mass is 127. The first-order valence-corrected chi connectivity index (χ1v) is 5.56. The van der Waals surface area contributed by atoms with Crippen molar-refractivity contribution < 1.29 is 9.47 Å². The zero-order valence-corrected chi connectivity index (χ0v) is 9.26. The first kappa shape index (κ1) is 9.74. The fourth-order valence-corrected chi connectivity index (χ4v) is 1.69. The largest absolute Gasteiger partial charge is 0.348 e. The minimum Gasteiger partial charge on any atom is -0.348 e. The highest BCUT2D eigenvalue weighted by molar-refractivity contribution is 14.1. The Labute approximate surface area is 81.8 Å². The third-order valence-corrected chi connectivity index (χ3v) is 2.60. The molecule has 0 bridgehead atoms. The summed E-state index contributed by atoms with van der Waals surface area (Å²) in [6.07, 6.45) is 2.46. The SMILES string of the molecule is CC1COC(C)(CCCI)O1. The molecule has 2 nitrogen and oxygen atoms in total. The van der Waals surface area contributed by atoms with Gasteiger partial charge in [-0.15, -0.1) is 0 Å². The van der Waals surface area contributed by atoms with Crippen molar-refractivity contribution in [2.45, 2.75) is 38.6 Å². The summed E-state index contributed by atoms with van der Waals surface area (Å²) in [7, 11) is 0. The Morgan fingerprint density at radius 3 is 2.82 bits per heavy atom. The van der Waals surface area contributed by atoms with Crippen LogP contribution in [0.5, 0.6) is 0 Å². The van der Waals surface area contributed by atoms with Crippen molar-refractivity contribution in [3.8, 4) is 0 Å². The van der Waals surface area contributed by atoms with Crippen LogP contribution < -0.4 is 0 Å². The van der Waals surface area contributed by atoms with E-state index in [0.717, 1.165) is 13.0 Å². The fraction of sp³-hybridized carbons (Fsp3) is 1.00. The van der Waals surface area contributed by atoms with Gasteiger partial charge in [-0.3, -0.25) is 0 Å². The lowest BCUT2D eigenvalue weighted by Gasteiger charge is -2.22. The van der Waals surface area contributed by atoms with E-state index in [1.807, 2.05) is 6.92 Å². The molecule has 0 amide bonds. The molecule has 66 valence electrons. The number of rotatable bonds is 3. The summed E-state index contributed by atoms with van der Waals surface area (Å²) < 4.78 is 12.3.